The van der Waals surface area contributed by atoms with Crippen LogP contribution in [0.3, 0.4) is 0 Å². The molecule has 2 unspecified atom stereocenters. The summed E-state index contributed by atoms with van der Waals surface area (Å²) in [5.41, 5.74) is 3.55. The van der Waals surface area contributed by atoms with Gasteiger partial charge in [0, 0.05) is 41.4 Å². The van der Waals surface area contributed by atoms with Gasteiger partial charge in [0.25, 0.3) is 5.69 Å². The number of benzene rings is 2. The lowest BCUT2D eigenvalue weighted by Crippen LogP contribution is -2.36. The van der Waals surface area contributed by atoms with Crippen LogP contribution in [0.2, 0.25) is 0 Å². The van der Waals surface area contributed by atoms with Gasteiger partial charge in [-0.25, -0.2) is 4.79 Å². The van der Waals surface area contributed by atoms with Crippen molar-refractivity contribution in [2.24, 2.45) is 0 Å². The van der Waals surface area contributed by atoms with E-state index in [0.29, 0.717) is 40.3 Å². The minimum atomic E-state index is -0.745. The van der Waals surface area contributed by atoms with E-state index in [1.807, 2.05) is 18.2 Å². The van der Waals surface area contributed by atoms with Crippen LogP contribution >= 0.6 is 0 Å². The van der Waals surface area contributed by atoms with Gasteiger partial charge in [-0.2, -0.15) is 0 Å². The number of nitro benzene ring substituents is 1. The van der Waals surface area contributed by atoms with Crippen LogP contribution in [0, 0.1) is 10.1 Å². The number of carbonyl (C=O) groups excluding carboxylic acids is 2. The van der Waals surface area contributed by atoms with Gasteiger partial charge in [-0.15, -0.1) is 0 Å². The third-order valence-electron chi connectivity index (χ3n) is 7.91. The quantitative estimate of drug-likeness (QED) is 0.329. The summed E-state index contributed by atoms with van der Waals surface area (Å²) in [5, 5.41) is 14.9. The van der Waals surface area contributed by atoms with Crippen LogP contribution in [0.5, 0.6) is 11.5 Å². The normalized spacial score (nSPS) is 22.8. The van der Waals surface area contributed by atoms with E-state index in [-0.39, 0.29) is 36.7 Å². The van der Waals surface area contributed by atoms with Crippen molar-refractivity contribution in [3.63, 3.8) is 0 Å². The zero-order valence-electron chi connectivity index (χ0n) is 21.0. The summed E-state index contributed by atoms with van der Waals surface area (Å²) in [4.78, 5) is 38.4. The second-order valence-electron chi connectivity index (χ2n) is 10.3. The smallest absolute Gasteiger partial charge is 0.337 e. The first-order chi connectivity index (χ1) is 18.4. The van der Waals surface area contributed by atoms with Crippen molar-refractivity contribution in [2.45, 2.75) is 63.4 Å². The van der Waals surface area contributed by atoms with E-state index in [0.717, 1.165) is 36.9 Å². The van der Waals surface area contributed by atoms with Crippen LogP contribution in [0.1, 0.15) is 68.4 Å². The molecule has 1 saturated carbocycles. The van der Waals surface area contributed by atoms with E-state index < -0.39 is 16.8 Å². The maximum atomic E-state index is 13.8. The van der Waals surface area contributed by atoms with Crippen molar-refractivity contribution in [2.75, 3.05) is 6.79 Å². The fourth-order valence-corrected chi connectivity index (χ4v) is 6.08. The lowest BCUT2D eigenvalue weighted by Gasteiger charge is -2.37. The number of dihydropyridines is 1. The summed E-state index contributed by atoms with van der Waals surface area (Å²) < 4.78 is 16.8. The van der Waals surface area contributed by atoms with Crippen molar-refractivity contribution in [3.8, 4) is 11.5 Å². The zero-order chi connectivity index (χ0) is 26.4. The predicted molar refractivity (Wildman–Crippen MR) is 137 cm³/mol. The first kappa shape index (κ1) is 24.2. The number of carbonyl (C=O) groups is 2. The molecule has 0 aromatic heterocycles. The maximum absolute atomic E-state index is 13.8. The molecular formula is C29H28N2O7. The Balaban J connectivity index is 1.39. The van der Waals surface area contributed by atoms with Gasteiger partial charge in [0.05, 0.1) is 10.5 Å². The van der Waals surface area contributed by atoms with Crippen molar-refractivity contribution >= 4 is 17.4 Å². The van der Waals surface area contributed by atoms with Crippen LogP contribution in [0.4, 0.5) is 5.69 Å². The molecule has 9 heteroatoms. The zero-order valence-corrected chi connectivity index (χ0v) is 21.0. The van der Waals surface area contributed by atoms with Crippen molar-refractivity contribution in [1.29, 1.82) is 0 Å². The number of nitrogens with one attached hydrogen (secondary N) is 1. The molecule has 0 bridgehead atoms. The van der Waals surface area contributed by atoms with Crippen LogP contribution in [0.25, 0.3) is 0 Å². The molecule has 38 heavy (non-hydrogen) atoms. The van der Waals surface area contributed by atoms with Crippen molar-refractivity contribution < 1.29 is 28.7 Å². The lowest BCUT2D eigenvalue weighted by atomic mass is 9.71. The number of esters is 1. The first-order valence-electron chi connectivity index (χ1n) is 13.0. The molecule has 0 radical (unpaired) electrons. The van der Waals surface area contributed by atoms with E-state index in [9.17, 15) is 19.7 Å². The minimum absolute atomic E-state index is 0.0891. The molecule has 196 valence electrons. The van der Waals surface area contributed by atoms with Gasteiger partial charge in [0.2, 0.25) is 6.79 Å². The molecule has 2 heterocycles. The second kappa shape index (κ2) is 9.63. The topological polar surface area (TPSA) is 117 Å². The Labute approximate surface area is 219 Å². The summed E-state index contributed by atoms with van der Waals surface area (Å²) in [6.07, 6.45) is 4.30. The molecule has 2 aliphatic heterocycles. The average molecular weight is 517 g/mol. The highest BCUT2D eigenvalue weighted by atomic mass is 16.7. The lowest BCUT2D eigenvalue weighted by molar-refractivity contribution is -0.384. The molecule has 0 amide bonds. The molecule has 2 atom stereocenters. The fraction of sp³-hybridized carbons (Fsp3) is 0.379. The number of ether oxygens (including phenoxy) is 3. The van der Waals surface area contributed by atoms with Gasteiger partial charge in [0.1, 0.15) is 6.10 Å². The van der Waals surface area contributed by atoms with Gasteiger partial charge in [0.15, 0.2) is 17.3 Å². The second-order valence-corrected chi connectivity index (χ2v) is 10.3. The molecule has 2 aromatic carbocycles. The number of non-ortho nitro benzene ring substituents is 1. The van der Waals surface area contributed by atoms with Crippen LogP contribution in [-0.2, 0) is 14.3 Å². The van der Waals surface area contributed by atoms with E-state index in [4.69, 9.17) is 14.2 Å². The highest BCUT2D eigenvalue weighted by Gasteiger charge is 2.42. The number of allylic oxidation sites excluding steroid dienone is 3. The Kier molecular flexibility index (Phi) is 6.13. The summed E-state index contributed by atoms with van der Waals surface area (Å²) in [7, 11) is 0. The van der Waals surface area contributed by atoms with E-state index in [1.165, 1.54) is 12.1 Å². The molecule has 0 saturated heterocycles. The fourth-order valence-electron chi connectivity index (χ4n) is 6.08. The van der Waals surface area contributed by atoms with Gasteiger partial charge >= 0.3 is 5.97 Å². The SMILES string of the molecule is CC1=C(C(=O)OC2CCCC2)C(c2cccc([N+](=O)[O-])c2)C2=C(CC(c3ccc4c(c3)OCO4)CC2=O)N1. The number of Topliss-reactive ketones (excluding diaryl/α,β-unsaturated/α-hetero) is 1. The number of rotatable bonds is 5. The Morgan fingerprint density at radius 3 is 2.63 bits per heavy atom. The largest absolute Gasteiger partial charge is 0.459 e. The Morgan fingerprint density at radius 2 is 1.84 bits per heavy atom. The molecule has 6 rings (SSSR count). The summed E-state index contributed by atoms with van der Waals surface area (Å²) in [6.45, 7) is 1.97. The molecule has 2 aliphatic carbocycles. The number of fused-ring (bicyclic) bond motifs is 1. The van der Waals surface area contributed by atoms with Gasteiger partial charge < -0.3 is 19.5 Å². The summed E-state index contributed by atoms with van der Waals surface area (Å²) in [5.74, 6) is -0.0679. The number of nitro groups is 1. The number of nitrogens with zero attached hydrogens (tertiary/aromatic N) is 1. The van der Waals surface area contributed by atoms with E-state index in [2.05, 4.69) is 5.32 Å². The number of hydrogen-bond acceptors (Lipinski definition) is 8. The van der Waals surface area contributed by atoms with E-state index in [1.54, 1.807) is 19.1 Å². The minimum Gasteiger partial charge on any atom is -0.459 e. The standard InChI is InChI=1S/C29H28N2O7/c1-16-26(29(33)38-21-7-2-3-8-21)27(18-5-4-6-20(11-18)31(34)35)28-22(30-16)12-19(13-23(28)32)17-9-10-24-25(14-17)37-15-36-24/h4-6,9-11,14,19,21,27,30H,2-3,7-8,12-13,15H2,1H3. The molecular weight excluding hydrogens is 488 g/mol. The predicted octanol–water partition coefficient (Wildman–Crippen LogP) is 5.17. The van der Waals surface area contributed by atoms with Crippen molar-refractivity contribution in [1.82, 2.24) is 5.32 Å². The number of ketones is 1. The maximum Gasteiger partial charge on any atom is 0.337 e. The Bertz CT molecular complexity index is 1400. The highest BCUT2D eigenvalue weighted by Crippen LogP contribution is 2.47. The Hall–Kier alpha value is -4.14. The van der Waals surface area contributed by atoms with Crippen molar-refractivity contribution in [3.05, 3.63) is 86.2 Å². The van der Waals surface area contributed by atoms with Crippen LogP contribution in [0.15, 0.2) is 65.0 Å². The van der Waals surface area contributed by atoms with Gasteiger partial charge in [-0.05, 0) is 68.2 Å². The molecule has 4 aliphatic rings. The molecule has 9 nitrogen and oxygen atoms in total. The molecule has 0 spiro atoms. The third-order valence-corrected chi connectivity index (χ3v) is 7.91. The summed E-state index contributed by atoms with van der Waals surface area (Å²) in [6, 6.07) is 11.9. The first-order valence-corrected chi connectivity index (χ1v) is 13.0. The van der Waals surface area contributed by atoms with Gasteiger partial charge in [-0.3, -0.25) is 14.9 Å². The molecule has 1 N–H and O–H groups in total. The van der Waals surface area contributed by atoms with E-state index >= 15 is 0 Å². The average Bonchev–Trinajstić information content (AvgIpc) is 3.59. The monoisotopic (exact) mass is 516 g/mol. The van der Waals surface area contributed by atoms with Crippen LogP contribution < -0.4 is 14.8 Å². The Morgan fingerprint density at radius 1 is 1.05 bits per heavy atom. The highest BCUT2D eigenvalue weighted by molar-refractivity contribution is 6.04. The van der Waals surface area contributed by atoms with Crippen LogP contribution in [-0.4, -0.2) is 29.6 Å². The molecule has 2 aromatic rings. The molecule has 1 fully saturated rings. The number of hydrogen-bond donors (Lipinski definition) is 1. The third kappa shape index (κ3) is 4.31. The summed E-state index contributed by atoms with van der Waals surface area (Å²) >= 11 is 0. The van der Waals surface area contributed by atoms with Gasteiger partial charge in [-0.1, -0.05) is 18.2 Å².